The van der Waals surface area contributed by atoms with Crippen LogP contribution in [0.2, 0.25) is 0 Å². The number of hydrogen-bond donors (Lipinski definition) is 2. The van der Waals surface area contributed by atoms with Crippen molar-refractivity contribution in [2.24, 2.45) is 32.3 Å². The number of amides is 2. The van der Waals surface area contributed by atoms with Crippen LogP contribution in [0.15, 0.2) is 56.9 Å². The van der Waals surface area contributed by atoms with Crippen LogP contribution in [0, 0.1) is 25.7 Å². The number of hydrogen-bond acceptors (Lipinski definition) is 6. The molecule has 0 bridgehead atoms. The van der Waals surface area contributed by atoms with Crippen molar-refractivity contribution in [2.45, 2.75) is 99.6 Å². The highest BCUT2D eigenvalue weighted by Crippen LogP contribution is 2.41. The summed E-state index contributed by atoms with van der Waals surface area (Å²) in [6.07, 6.45) is 4.42. The predicted octanol–water partition coefficient (Wildman–Crippen LogP) is 9.59. The molecule has 4 rings (SSSR count). The third-order valence-electron chi connectivity index (χ3n) is 7.73. The maximum atomic E-state index is 12.4. The Hall–Kier alpha value is -4.34. The Bertz CT molecular complexity index is 1600. The van der Waals surface area contributed by atoms with Gasteiger partial charge in [0.2, 0.25) is 11.8 Å². The summed E-state index contributed by atoms with van der Waals surface area (Å²) >= 11 is 0. The van der Waals surface area contributed by atoms with Gasteiger partial charge in [-0.3, -0.25) is 9.59 Å². The van der Waals surface area contributed by atoms with E-state index in [2.05, 4.69) is 48.2 Å². The number of aromatic nitrogens is 2. The quantitative estimate of drug-likeness (QED) is 0.108. The lowest BCUT2D eigenvalue weighted by Gasteiger charge is -2.09. The minimum Gasteiger partial charge on any atom is -0.493 e. The summed E-state index contributed by atoms with van der Waals surface area (Å²) in [5, 5.41) is 39.4. The second-order valence-electron chi connectivity index (χ2n) is 12.8. The van der Waals surface area contributed by atoms with E-state index in [1.54, 1.807) is 0 Å². The molecule has 10 nitrogen and oxygen atoms in total. The van der Waals surface area contributed by atoms with E-state index in [4.69, 9.17) is 0 Å². The van der Waals surface area contributed by atoms with E-state index >= 15 is 0 Å². The van der Waals surface area contributed by atoms with Crippen molar-refractivity contribution in [3.8, 4) is 11.8 Å². The van der Waals surface area contributed by atoms with Crippen LogP contribution in [-0.4, -0.2) is 31.2 Å². The average molecular weight is 615 g/mol. The monoisotopic (exact) mass is 614 g/mol. The summed E-state index contributed by atoms with van der Waals surface area (Å²) < 4.78 is 3.64. The molecule has 0 aliphatic heterocycles. The zero-order valence-corrected chi connectivity index (χ0v) is 27.4. The standard InChI is InChI=1S/C35H46N6O4/c1-22(2)20-40-28-16-14-24(5)18-26(28)32(34(40)44)38-36-30(42)12-10-8-7-9-11-13-31(43)37-39-33-27-19-25(6)15-17-29(27)41(35(33)45)21-23(3)4/h14-19,22-23,44-45H,7-13,20-21H2,1-6H3. The first kappa shape index (κ1) is 33.6. The first-order valence-electron chi connectivity index (χ1n) is 16.0. The average Bonchev–Trinajstić information content (AvgIpc) is 3.37. The molecule has 10 heteroatoms. The molecule has 0 saturated heterocycles. The SMILES string of the molecule is Cc1ccc2c(c1)c(N=NC(=O)CCCCCCCC(=O)N=Nc1c(O)n(CC(C)C)c3ccc(C)cc13)c(O)n2CC(C)C. The number of aromatic hydroxyl groups is 2. The highest BCUT2D eigenvalue weighted by atomic mass is 16.3. The molecule has 0 fully saturated rings. The number of fused-ring (bicyclic) bond motifs is 2. The van der Waals surface area contributed by atoms with Crippen molar-refractivity contribution in [1.82, 2.24) is 9.13 Å². The van der Waals surface area contributed by atoms with E-state index in [1.807, 2.05) is 59.4 Å². The number of nitrogens with zero attached hydrogens (tertiary/aromatic N) is 6. The smallest absolute Gasteiger partial charge is 0.264 e. The highest BCUT2D eigenvalue weighted by Gasteiger charge is 2.19. The van der Waals surface area contributed by atoms with Crippen LogP contribution in [0.1, 0.15) is 83.8 Å². The van der Waals surface area contributed by atoms with Gasteiger partial charge in [-0.2, -0.15) is 0 Å². The van der Waals surface area contributed by atoms with Gasteiger partial charge < -0.3 is 19.3 Å². The zero-order chi connectivity index (χ0) is 32.7. The lowest BCUT2D eigenvalue weighted by molar-refractivity contribution is -0.119. The van der Waals surface area contributed by atoms with Crippen molar-refractivity contribution in [3.63, 3.8) is 0 Å². The molecule has 2 heterocycles. The Morgan fingerprint density at radius 3 is 1.40 bits per heavy atom. The topological polar surface area (TPSA) is 134 Å². The van der Waals surface area contributed by atoms with Crippen LogP contribution in [0.5, 0.6) is 11.8 Å². The molecule has 0 aliphatic rings. The number of carbonyl (C=O) groups is 2. The lowest BCUT2D eigenvalue weighted by atomic mass is 10.1. The minimum atomic E-state index is -0.324. The first-order valence-corrected chi connectivity index (χ1v) is 16.0. The van der Waals surface area contributed by atoms with Gasteiger partial charge in [-0.1, -0.05) is 70.2 Å². The Balaban J connectivity index is 1.22. The molecule has 0 radical (unpaired) electrons. The van der Waals surface area contributed by atoms with Crippen molar-refractivity contribution in [2.75, 3.05) is 0 Å². The van der Waals surface area contributed by atoms with Crippen LogP contribution < -0.4 is 0 Å². The van der Waals surface area contributed by atoms with Gasteiger partial charge in [0, 0.05) is 36.7 Å². The van der Waals surface area contributed by atoms with Crippen molar-refractivity contribution >= 4 is 45.0 Å². The second kappa shape index (κ2) is 15.1. The van der Waals surface area contributed by atoms with Crippen molar-refractivity contribution in [3.05, 3.63) is 47.5 Å². The summed E-state index contributed by atoms with van der Waals surface area (Å²) in [6, 6.07) is 11.8. The fraction of sp³-hybridized carbons (Fsp3) is 0.486. The summed E-state index contributed by atoms with van der Waals surface area (Å²) in [5.41, 5.74) is 4.48. The van der Waals surface area contributed by atoms with Crippen LogP contribution in [0.25, 0.3) is 21.8 Å². The molecule has 2 aromatic heterocycles. The second-order valence-corrected chi connectivity index (χ2v) is 12.8. The Morgan fingerprint density at radius 1 is 0.644 bits per heavy atom. The summed E-state index contributed by atoms with van der Waals surface area (Å²) in [4.78, 5) is 24.8. The van der Waals surface area contributed by atoms with Crippen LogP contribution in [-0.2, 0) is 22.7 Å². The summed E-state index contributed by atoms with van der Waals surface area (Å²) in [5.74, 6) is 0.0640. The molecule has 2 aromatic carbocycles. The molecule has 2 amide bonds. The van der Waals surface area contributed by atoms with E-state index in [0.717, 1.165) is 52.2 Å². The maximum absolute atomic E-state index is 12.4. The fourth-order valence-corrected chi connectivity index (χ4v) is 5.57. The fourth-order valence-electron chi connectivity index (χ4n) is 5.57. The van der Waals surface area contributed by atoms with Crippen LogP contribution >= 0.6 is 0 Å². The normalized spacial score (nSPS) is 12.3. The first-order chi connectivity index (χ1) is 21.5. The van der Waals surface area contributed by atoms with Crippen molar-refractivity contribution < 1.29 is 19.8 Å². The van der Waals surface area contributed by atoms with E-state index < -0.39 is 0 Å². The maximum Gasteiger partial charge on any atom is 0.264 e. The molecule has 4 aromatic rings. The van der Waals surface area contributed by atoms with Gasteiger partial charge in [-0.25, -0.2) is 0 Å². The third kappa shape index (κ3) is 8.44. The molecule has 45 heavy (non-hydrogen) atoms. The molecular formula is C35H46N6O4. The molecule has 0 spiro atoms. The van der Waals surface area contributed by atoms with Crippen molar-refractivity contribution in [1.29, 1.82) is 0 Å². The van der Waals surface area contributed by atoms with E-state index in [0.29, 0.717) is 49.1 Å². The van der Waals surface area contributed by atoms with Crippen LogP contribution in [0.3, 0.4) is 0 Å². The number of rotatable bonds is 14. The van der Waals surface area contributed by atoms with Gasteiger partial charge in [-0.05, 0) is 62.8 Å². The Morgan fingerprint density at radius 2 is 1.02 bits per heavy atom. The highest BCUT2D eigenvalue weighted by molar-refractivity contribution is 5.96. The third-order valence-corrected chi connectivity index (χ3v) is 7.73. The van der Waals surface area contributed by atoms with Gasteiger partial charge in [0.15, 0.2) is 11.4 Å². The Kier molecular flexibility index (Phi) is 11.3. The molecule has 2 N–H and O–H groups in total. The van der Waals surface area contributed by atoms with Crippen LogP contribution in [0.4, 0.5) is 11.4 Å². The predicted molar refractivity (Wildman–Crippen MR) is 178 cm³/mol. The number of aryl methyl sites for hydroxylation is 2. The Labute approximate surface area is 264 Å². The zero-order valence-electron chi connectivity index (χ0n) is 27.4. The number of azo groups is 2. The van der Waals surface area contributed by atoms with Gasteiger partial charge in [0.05, 0.1) is 11.0 Å². The van der Waals surface area contributed by atoms with Gasteiger partial charge in [0.1, 0.15) is 0 Å². The minimum absolute atomic E-state index is 0.0275. The van der Waals surface area contributed by atoms with E-state index in [-0.39, 0.29) is 36.4 Å². The molecule has 240 valence electrons. The molecule has 0 atom stereocenters. The number of unbranched alkanes of at least 4 members (excludes halogenated alkanes) is 4. The molecule has 0 saturated carbocycles. The largest absolute Gasteiger partial charge is 0.493 e. The van der Waals surface area contributed by atoms with Gasteiger partial charge >= 0.3 is 0 Å². The van der Waals surface area contributed by atoms with Gasteiger partial charge in [-0.15, -0.1) is 20.5 Å². The van der Waals surface area contributed by atoms with E-state index in [9.17, 15) is 19.8 Å². The molecule has 0 unspecified atom stereocenters. The van der Waals surface area contributed by atoms with E-state index in [1.165, 1.54) is 0 Å². The molecule has 0 aliphatic carbocycles. The summed E-state index contributed by atoms with van der Waals surface area (Å²) in [7, 11) is 0. The number of benzene rings is 2. The molecular weight excluding hydrogens is 568 g/mol. The lowest BCUT2D eigenvalue weighted by Crippen LogP contribution is -2.03. The number of carbonyl (C=O) groups excluding carboxylic acids is 2. The summed E-state index contributed by atoms with van der Waals surface area (Å²) in [6.45, 7) is 13.5. The van der Waals surface area contributed by atoms with Gasteiger partial charge in [0.25, 0.3) is 11.8 Å².